The van der Waals surface area contributed by atoms with Gasteiger partial charge in [-0.3, -0.25) is 0 Å². The van der Waals surface area contributed by atoms with E-state index in [1.165, 1.54) is 6.42 Å². The Morgan fingerprint density at radius 3 is 2.33 bits per heavy atom. The summed E-state index contributed by atoms with van der Waals surface area (Å²) in [5.74, 6) is 3.37. The highest BCUT2D eigenvalue weighted by atomic mass is 32.2. The van der Waals surface area contributed by atoms with Gasteiger partial charge in [-0.05, 0) is 43.5 Å². The SMILES string of the molecule is C#CCCCCCCCC/C=C(\Sc1ccc(OC)cc1)C(F)F. The lowest BCUT2D eigenvalue weighted by molar-refractivity contribution is 0.199. The summed E-state index contributed by atoms with van der Waals surface area (Å²) in [5.41, 5.74) is 0. The molecule has 0 atom stereocenters. The van der Waals surface area contributed by atoms with Crippen molar-refractivity contribution in [3.05, 3.63) is 35.2 Å². The molecule has 0 aliphatic carbocycles. The number of terminal acetylenes is 1. The fourth-order valence-electron chi connectivity index (χ4n) is 2.28. The molecule has 0 spiro atoms. The fraction of sp³-hybridized carbons (Fsp3) is 0.500. The summed E-state index contributed by atoms with van der Waals surface area (Å²) >= 11 is 1.13. The number of benzene rings is 1. The van der Waals surface area contributed by atoms with E-state index in [9.17, 15) is 8.78 Å². The minimum atomic E-state index is -2.43. The molecule has 1 nitrogen and oxygen atoms in total. The second kappa shape index (κ2) is 12.9. The molecule has 0 aliphatic heterocycles. The van der Waals surface area contributed by atoms with Gasteiger partial charge in [-0.25, -0.2) is 8.78 Å². The first-order chi connectivity index (χ1) is 11.7. The van der Waals surface area contributed by atoms with E-state index < -0.39 is 6.43 Å². The lowest BCUT2D eigenvalue weighted by Crippen LogP contribution is -1.93. The molecule has 1 rings (SSSR count). The third-order valence-electron chi connectivity index (χ3n) is 3.63. The number of ether oxygens (including phenoxy) is 1. The first kappa shape index (κ1) is 20.6. The first-order valence-corrected chi connectivity index (χ1v) is 9.22. The minimum absolute atomic E-state index is 0.134. The van der Waals surface area contributed by atoms with Gasteiger partial charge < -0.3 is 4.74 Å². The van der Waals surface area contributed by atoms with Gasteiger partial charge in [0.05, 0.1) is 12.0 Å². The smallest absolute Gasteiger partial charge is 0.269 e. The van der Waals surface area contributed by atoms with Crippen molar-refractivity contribution in [3.63, 3.8) is 0 Å². The molecule has 0 saturated carbocycles. The van der Waals surface area contributed by atoms with Crippen LogP contribution in [0.3, 0.4) is 0 Å². The Balaban J connectivity index is 2.31. The van der Waals surface area contributed by atoms with Crippen LogP contribution >= 0.6 is 11.8 Å². The summed E-state index contributed by atoms with van der Waals surface area (Å²) in [6.07, 6.45) is 12.6. The summed E-state index contributed by atoms with van der Waals surface area (Å²) < 4.78 is 31.4. The molecule has 0 heterocycles. The van der Waals surface area contributed by atoms with Crippen molar-refractivity contribution in [1.29, 1.82) is 0 Å². The lowest BCUT2D eigenvalue weighted by Gasteiger charge is -2.07. The second-order valence-corrected chi connectivity index (χ2v) is 6.70. The maximum atomic E-state index is 13.1. The Kier molecular flexibility index (Phi) is 11.1. The van der Waals surface area contributed by atoms with Crippen LogP contribution in [0, 0.1) is 12.3 Å². The maximum absolute atomic E-state index is 13.1. The van der Waals surface area contributed by atoms with Gasteiger partial charge in [0.25, 0.3) is 6.43 Å². The molecule has 1 aromatic carbocycles. The van der Waals surface area contributed by atoms with Crippen molar-refractivity contribution in [3.8, 4) is 18.1 Å². The Labute approximate surface area is 148 Å². The van der Waals surface area contributed by atoms with Gasteiger partial charge in [0.1, 0.15) is 5.75 Å². The number of alkyl halides is 2. The third-order valence-corrected chi connectivity index (χ3v) is 4.72. The van der Waals surface area contributed by atoms with E-state index in [-0.39, 0.29) is 4.91 Å². The van der Waals surface area contributed by atoms with Crippen molar-refractivity contribution in [2.45, 2.75) is 62.7 Å². The summed E-state index contributed by atoms with van der Waals surface area (Å²) in [5, 5.41) is 0. The zero-order valence-corrected chi connectivity index (χ0v) is 15.1. The number of hydrogen-bond acceptors (Lipinski definition) is 2. The summed E-state index contributed by atoms with van der Waals surface area (Å²) in [7, 11) is 1.59. The maximum Gasteiger partial charge on any atom is 0.269 e. The highest BCUT2D eigenvalue weighted by molar-refractivity contribution is 8.03. The number of unbranched alkanes of at least 4 members (excludes halogenated alkanes) is 7. The Bertz CT molecular complexity index is 517. The first-order valence-electron chi connectivity index (χ1n) is 8.41. The molecule has 1 aromatic rings. The van der Waals surface area contributed by atoms with Crippen molar-refractivity contribution in [2.75, 3.05) is 7.11 Å². The van der Waals surface area contributed by atoms with Gasteiger partial charge in [0.2, 0.25) is 0 Å². The van der Waals surface area contributed by atoms with Gasteiger partial charge in [-0.1, -0.05) is 43.5 Å². The molecule has 0 aromatic heterocycles. The van der Waals surface area contributed by atoms with E-state index in [2.05, 4.69) is 5.92 Å². The predicted octanol–water partition coefficient (Wildman–Crippen LogP) is 6.69. The molecule has 0 N–H and O–H groups in total. The van der Waals surface area contributed by atoms with Crippen LogP contribution in [0.5, 0.6) is 5.75 Å². The zero-order valence-electron chi connectivity index (χ0n) is 14.3. The van der Waals surface area contributed by atoms with Gasteiger partial charge >= 0.3 is 0 Å². The molecular weight excluding hydrogens is 326 g/mol. The average Bonchev–Trinajstić information content (AvgIpc) is 2.59. The topological polar surface area (TPSA) is 9.23 Å². The summed E-state index contributed by atoms with van der Waals surface area (Å²) in [4.78, 5) is 0.935. The molecule has 0 fully saturated rings. The molecule has 0 aliphatic rings. The standard InChI is InChI=1S/C20H26F2OS/c1-3-4-5-6-7-8-9-10-11-12-19(20(21)22)24-18-15-13-17(23-2)14-16-18/h1,12-16,20H,4-11H2,2H3/b19-12-. The normalized spacial score (nSPS) is 11.5. The van der Waals surface area contributed by atoms with E-state index in [0.717, 1.165) is 60.9 Å². The second-order valence-electron chi connectivity index (χ2n) is 5.55. The molecular formula is C20H26F2OS. The Hall–Kier alpha value is -1.47. The molecule has 0 amide bonds. The fourth-order valence-corrected chi connectivity index (χ4v) is 3.11. The number of allylic oxidation sites excluding steroid dienone is 2. The molecule has 132 valence electrons. The summed E-state index contributed by atoms with van der Waals surface area (Å²) in [6.45, 7) is 0. The van der Waals surface area contributed by atoms with E-state index in [1.54, 1.807) is 37.5 Å². The average molecular weight is 352 g/mol. The van der Waals surface area contributed by atoms with Crippen LogP contribution in [-0.4, -0.2) is 13.5 Å². The van der Waals surface area contributed by atoms with Crippen molar-refractivity contribution in [1.82, 2.24) is 0 Å². The number of hydrogen-bond donors (Lipinski definition) is 0. The van der Waals surface area contributed by atoms with Crippen LogP contribution in [0.1, 0.15) is 51.4 Å². The van der Waals surface area contributed by atoms with Crippen molar-refractivity contribution >= 4 is 11.8 Å². The quantitative estimate of drug-likeness (QED) is 0.235. The molecule has 0 unspecified atom stereocenters. The van der Waals surface area contributed by atoms with E-state index in [0.29, 0.717) is 6.42 Å². The van der Waals surface area contributed by atoms with Crippen LogP contribution in [0.2, 0.25) is 0 Å². The molecule has 4 heteroatoms. The van der Waals surface area contributed by atoms with Crippen molar-refractivity contribution in [2.24, 2.45) is 0 Å². The van der Waals surface area contributed by atoms with E-state index in [4.69, 9.17) is 11.2 Å². The number of halogens is 2. The van der Waals surface area contributed by atoms with Gasteiger partial charge in [-0.15, -0.1) is 12.3 Å². The molecule has 24 heavy (non-hydrogen) atoms. The van der Waals surface area contributed by atoms with Gasteiger partial charge in [0.15, 0.2) is 0 Å². The largest absolute Gasteiger partial charge is 0.497 e. The Morgan fingerprint density at radius 2 is 1.75 bits per heavy atom. The Morgan fingerprint density at radius 1 is 1.12 bits per heavy atom. The highest BCUT2D eigenvalue weighted by Gasteiger charge is 2.12. The van der Waals surface area contributed by atoms with Crippen LogP contribution in [0.15, 0.2) is 40.1 Å². The van der Waals surface area contributed by atoms with Gasteiger partial charge in [-0.2, -0.15) is 0 Å². The van der Waals surface area contributed by atoms with Crippen LogP contribution < -0.4 is 4.74 Å². The highest BCUT2D eigenvalue weighted by Crippen LogP contribution is 2.32. The van der Waals surface area contributed by atoms with E-state index in [1.807, 2.05) is 0 Å². The molecule has 0 radical (unpaired) electrons. The van der Waals surface area contributed by atoms with Crippen molar-refractivity contribution < 1.29 is 13.5 Å². The number of methoxy groups -OCH3 is 1. The number of thioether (sulfide) groups is 1. The predicted molar refractivity (Wildman–Crippen MR) is 98.7 cm³/mol. The number of rotatable bonds is 12. The minimum Gasteiger partial charge on any atom is -0.497 e. The monoisotopic (exact) mass is 352 g/mol. The van der Waals surface area contributed by atoms with Crippen LogP contribution in [-0.2, 0) is 0 Å². The van der Waals surface area contributed by atoms with Gasteiger partial charge in [0, 0.05) is 11.3 Å². The molecule has 0 bridgehead atoms. The van der Waals surface area contributed by atoms with Crippen LogP contribution in [0.4, 0.5) is 8.78 Å². The molecule has 0 saturated heterocycles. The van der Waals surface area contributed by atoms with Crippen LogP contribution in [0.25, 0.3) is 0 Å². The third kappa shape index (κ3) is 8.98. The lowest BCUT2D eigenvalue weighted by atomic mass is 10.1. The summed E-state index contributed by atoms with van der Waals surface area (Å²) in [6, 6.07) is 7.17. The zero-order chi connectivity index (χ0) is 17.6. The van der Waals surface area contributed by atoms with E-state index >= 15 is 0 Å².